The molecule has 0 saturated heterocycles. The molecular weight excluding hydrogens is 417 g/mol. The third kappa shape index (κ3) is 5.47. The molecule has 3 rings (SSSR count). The van der Waals surface area contributed by atoms with Crippen molar-refractivity contribution in [3.8, 4) is 5.69 Å². The maximum atomic E-state index is 13.0. The van der Waals surface area contributed by atoms with Crippen LogP contribution >= 0.6 is 11.3 Å². The lowest BCUT2D eigenvalue weighted by Crippen LogP contribution is -2.25. The maximum absolute atomic E-state index is 13.0. The van der Waals surface area contributed by atoms with Gasteiger partial charge >= 0.3 is 6.18 Å². The summed E-state index contributed by atoms with van der Waals surface area (Å²) < 4.78 is 40.2. The zero-order valence-corrected chi connectivity index (χ0v) is 16.8. The quantitative estimate of drug-likeness (QED) is 0.539. The molecule has 2 amide bonds. The van der Waals surface area contributed by atoms with Gasteiger partial charge in [-0.3, -0.25) is 9.59 Å². The van der Waals surface area contributed by atoms with Gasteiger partial charge in [-0.25, -0.2) is 4.68 Å². The maximum Gasteiger partial charge on any atom is 0.416 e. The van der Waals surface area contributed by atoms with E-state index < -0.39 is 11.7 Å². The average Bonchev–Trinajstić information content (AvgIpc) is 3.34. The minimum atomic E-state index is -4.48. The van der Waals surface area contributed by atoms with Crippen LogP contribution in [0.2, 0.25) is 0 Å². The Labute approximate surface area is 174 Å². The van der Waals surface area contributed by atoms with Crippen LogP contribution in [-0.4, -0.2) is 28.1 Å². The predicted octanol–water partition coefficient (Wildman–Crippen LogP) is 4.41. The minimum absolute atomic E-state index is 0.136. The van der Waals surface area contributed by atoms with Crippen LogP contribution in [0.15, 0.2) is 47.2 Å². The highest BCUT2D eigenvalue weighted by Crippen LogP contribution is 2.31. The number of nitrogens with zero attached hydrogens (tertiary/aromatic N) is 2. The van der Waals surface area contributed by atoms with E-state index in [1.54, 1.807) is 29.8 Å². The van der Waals surface area contributed by atoms with Crippen LogP contribution in [0.5, 0.6) is 0 Å². The standard InChI is InChI=1S/C20H19F3N4O2S/c1-13-10-17(27(26-13)16-5-2-4-15(11-16)20(21,22)23)25-18(28)6-3-8-24-19(29)14-7-9-30-12-14/h2,4-5,7,9-12H,3,6,8H2,1H3,(H,24,29)(H,25,28). The molecule has 10 heteroatoms. The van der Waals surface area contributed by atoms with Crippen molar-refractivity contribution in [2.24, 2.45) is 0 Å². The summed E-state index contributed by atoms with van der Waals surface area (Å²) in [7, 11) is 0. The molecule has 0 atom stereocenters. The van der Waals surface area contributed by atoms with Gasteiger partial charge in [-0.05, 0) is 43.0 Å². The lowest BCUT2D eigenvalue weighted by molar-refractivity contribution is -0.137. The number of carbonyl (C=O) groups excluding carboxylic acids is 2. The van der Waals surface area contributed by atoms with Crippen molar-refractivity contribution in [3.63, 3.8) is 0 Å². The first-order chi connectivity index (χ1) is 14.2. The van der Waals surface area contributed by atoms with Crippen molar-refractivity contribution in [1.29, 1.82) is 0 Å². The van der Waals surface area contributed by atoms with Gasteiger partial charge in [0.2, 0.25) is 5.91 Å². The molecule has 0 radical (unpaired) electrons. The van der Waals surface area contributed by atoms with Crippen LogP contribution < -0.4 is 10.6 Å². The summed E-state index contributed by atoms with van der Waals surface area (Å²) in [4.78, 5) is 24.1. The van der Waals surface area contributed by atoms with Crippen molar-refractivity contribution in [1.82, 2.24) is 15.1 Å². The first-order valence-corrected chi connectivity index (χ1v) is 10.0. The smallest absolute Gasteiger partial charge is 0.352 e. The number of alkyl halides is 3. The Morgan fingerprint density at radius 3 is 2.70 bits per heavy atom. The zero-order valence-electron chi connectivity index (χ0n) is 16.0. The van der Waals surface area contributed by atoms with Gasteiger partial charge in [0.15, 0.2) is 0 Å². The number of anilines is 1. The summed E-state index contributed by atoms with van der Waals surface area (Å²) in [6.45, 7) is 2.01. The molecule has 0 aliphatic carbocycles. The molecule has 0 unspecified atom stereocenters. The fraction of sp³-hybridized carbons (Fsp3) is 0.250. The van der Waals surface area contributed by atoms with Gasteiger partial charge < -0.3 is 10.6 Å². The molecule has 0 saturated carbocycles. The van der Waals surface area contributed by atoms with E-state index in [0.29, 0.717) is 24.2 Å². The number of amides is 2. The molecule has 0 fully saturated rings. The molecule has 158 valence electrons. The number of halogens is 3. The fourth-order valence-electron chi connectivity index (χ4n) is 2.75. The second-order valence-corrected chi connectivity index (χ2v) is 7.33. The first-order valence-electron chi connectivity index (χ1n) is 9.08. The van der Waals surface area contributed by atoms with Crippen molar-refractivity contribution < 1.29 is 22.8 Å². The highest BCUT2D eigenvalue weighted by atomic mass is 32.1. The van der Waals surface area contributed by atoms with Gasteiger partial charge in [-0.2, -0.15) is 29.6 Å². The third-order valence-electron chi connectivity index (χ3n) is 4.17. The summed E-state index contributed by atoms with van der Waals surface area (Å²) in [5.41, 5.74) is 0.513. The summed E-state index contributed by atoms with van der Waals surface area (Å²) in [5.74, 6) is -0.248. The second-order valence-electron chi connectivity index (χ2n) is 6.55. The minimum Gasteiger partial charge on any atom is -0.352 e. The molecule has 6 nitrogen and oxygen atoms in total. The second kappa shape index (κ2) is 9.12. The molecule has 0 bridgehead atoms. The summed E-state index contributed by atoms with van der Waals surface area (Å²) >= 11 is 1.42. The monoisotopic (exact) mass is 436 g/mol. The van der Waals surface area contributed by atoms with Gasteiger partial charge in [-0.15, -0.1) is 0 Å². The molecule has 1 aromatic carbocycles. The van der Waals surface area contributed by atoms with Crippen LogP contribution in [0.3, 0.4) is 0 Å². The van der Waals surface area contributed by atoms with Crippen molar-refractivity contribution in [2.75, 3.05) is 11.9 Å². The van der Waals surface area contributed by atoms with Gasteiger partial charge in [0.05, 0.1) is 16.9 Å². The Morgan fingerprint density at radius 1 is 1.20 bits per heavy atom. The van der Waals surface area contributed by atoms with Crippen LogP contribution in [-0.2, 0) is 11.0 Å². The molecular formula is C20H19F3N4O2S. The number of aryl methyl sites for hydroxylation is 1. The fourth-order valence-corrected chi connectivity index (χ4v) is 3.39. The number of rotatable bonds is 7. The molecule has 3 aromatic rings. The van der Waals surface area contributed by atoms with Crippen LogP contribution in [0.1, 0.15) is 34.5 Å². The normalized spacial score (nSPS) is 11.3. The van der Waals surface area contributed by atoms with Crippen LogP contribution in [0.4, 0.5) is 19.0 Å². The van der Waals surface area contributed by atoms with E-state index in [-0.39, 0.29) is 29.7 Å². The average molecular weight is 436 g/mol. The Kier molecular flexibility index (Phi) is 6.56. The lowest BCUT2D eigenvalue weighted by Gasteiger charge is -2.12. The van der Waals surface area contributed by atoms with Crippen molar-refractivity contribution in [2.45, 2.75) is 25.9 Å². The number of hydrogen-bond donors (Lipinski definition) is 2. The Hall–Kier alpha value is -3.14. The van der Waals surface area contributed by atoms with E-state index in [9.17, 15) is 22.8 Å². The van der Waals surface area contributed by atoms with E-state index in [0.717, 1.165) is 12.1 Å². The lowest BCUT2D eigenvalue weighted by atomic mass is 10.2. The number of aromatic nitrogens is 2. The van der Waals surface area contributed by atoms with Crippen LogP contribution in [0.25, 0.3) is 5.69 Å². The number of nitrogens with one attached hydrogen (secondary N) is 2. The Morgan fingerprint density at radius 2 is 2.00 bits per heavy atom. The molecule has 30 heavy (non-hydrogen) atoms. The number of carbonyl (C=O) groups is 2. The molecule has 2 N–H and O–H groups in total. The van der Waals surface area contributed by atoms with Gasteiger partial charge in [0.25, 0.3) is 5.91 Å². The van der Waals surface area contributed by atoms with E-state index in [4.69, 9.17) is 0 Å². The van der Waals surface area contributed by atoms with Gasteiger partial charge in [0.1, 0.15) is 5.82 Å². The molecule has 2 aromatic heterocycles. The molecule has 2 heterocycles. The summed E-state index contributed by atoms with van der Waals surface area (Å²) in [5, 5.41) is 13.1. The molecule has 0 aliphatic rings. The number of thiophene rings is 1. The molecule has 0 aliphatic heterocycles. The largest absolute Gasteiger partial charge is 0.416 e. The zero-order chi connectivity index (χ0) is 21.7. The van der Waals surface area contributed by atoms with Crippen LogP contribution in [0, 0.1) is 6.92 Å². The van der Waals surface area contributed by atoms with Crippen molar-refractivity contribution in [3.05, 3.63) is 64.0 Å². The highest BCUT2D eigenvalue weighted by Gasteiger charge is 2.30. The number of benzene rings is 1. The van der Waals surface area contributed by atoms with E-state index >= 15 is 0 Å². The summed E-state index contributed by atoms with van der Waals surface area (Å²) in [6.07, 6.45) is -3.93. The highest BCUT2D eigenvalue weighted by molar-refractivity contribution is 7.08. The predicted molar refractivity (Wildman–Crippen MR) is 108 cm³/mol. The van der Waals surface area contributed by atoms with E-state index in [1.807, 2.05) is 0 Å². The third-order valence-corrected chi connectivity index (χ3v) is 4.85. The molecule has 0 spiro atoms. The van der Waals surface area contributed by atoms with E-state index in [1.165, 1.54) is 28.2 Å². The van der Waals surface area contributed by atoms with Gasteiger partial charge in [-0.1, -0.05) is 6.07 Å². The van der Waals surface area contributed by atoms with Crippen molar-refractivity contribution >= 4 is 29.0 Å². The Balaban J connectivity index is 1.59. The summed E-state index contributed by atoms with van der Waals surface area (Å²) in [6, 6.07) is 8.01. The van der Waals surface area contributed by atoms with E-state index in [2.05, 4.69) is 15.7 Å². The Bertz CT molecular complexity index is 1030. The number of hydrogen-bond acceptors (Lipinski definition) is 4. The topological polar surface area (TPSA) is 76.0 Å². The first kappa shape index (κ1) is 21.6. The van der Waals surface area contributed by atoms with Gasteiger partial charge in [0, 0.05) is 30.0 Å². The SMILES string of the molecule is Cc1cc(NC(=O)CCCNC(=O)c2ccsc2)n(-c2cccc(C(F)(F)F)c2)n1.